The summed E-state index contributed by atoms with van der Waals surface area (Å²) >= 11 is 0. The molecular weight excluding hydrogens is 444 g/mol. The number of benzene rings is 2. The molecule has 1 aliphatic carbocycles. The molecule has 2 atom stereocenters. The monoisotopic (exact) mass is 480 g/mol. The van der Waals surface area contributed by atoms with E-state index in [2.05, 4.69) is 34.9 Å². The second-order valence-corrected chi connectivity index (χ2v) is 9.27. The Balaban J connectivity index is 1.40. The molecule has 3 rings (SSSR count). The molecule has 35 heavy (non-hydrogen) atoms. The van der Waals surface area contributed by atoms with Crippen LogP contribution in [0.15, 0.2) is 48.5 Å². The number of alkyl carbamates (subject to hydrolysis) is 1. The van der Waals surface area contributed by atoms with E-state index in [4.69, 9.17) is 9.84 Å². The van der Waals surface area contributed by atoms with Gasteiger partial charge in [0.2, 0.25) is 5.91 Å². The van der Waals surface area contributed by atoms with Gasteiger partial charge in [0.05, 0.1) is 6.42 Å². The third-order valence-corrected chi connectivity index (χ3v) is 6.44. The molecule has 0 aromatic heterocycles. The number of nitrogens with one attached hydrogen (secondary N) is 2. The topological polar surface area (TPSA) is 105 Å². The Bertz CT molecular complexity index is 976. The molecule has 2 aromatic rings. The summed E-state index contributed by atoms with van der Waals surface area (Å²) in [6.07, 6.45) is 3.45. The Morgan fingerprint density at radius 3 is 2.17 bits per heavy atom. The summed E-state index contributed by atoms with van der Waals surface area (Å²) in [6, 6.07) is 15.9. The molecule has 0 bridgehead atoms. The molecular formula is C28H36N2O5. The van der Waals surface area contributed by atoms with Crippen molar-refractivity contribution in [3.8, 4) is 11.1 Å². The van der Waals surface area contributed by atoms with Crippen molar-refractivity contribution >= 4 is 18.0 Å². The Morgan fingerprint density at radius 1 is 0.943 bits per heavy atom. The van der Waals surface area contributed by atoms with Gasteiger partial charge in [-0.05, 0) is 48.4 Å². The van der Waals surface area contributed by atoms with E-state index in [9.17, 15) is 14.4 Å². The molecule has 0 heterocycles. The SMILES string of the molecule is CCCC[C@@H](CC(=O)O)NC(=O)CCCC(C)NC(=O)OCC1c2ccccc2-c2ccccc21. The van der Waals surface area contributed by atoms with Gasteiger partial charge in [0, 0.05) is 24.4 Å². The highest BCUT2D eigenvalue weighted by atomic mass is 16.5. The molecule has 0 fully saturated rings. The largest absolute Gasteiger partial charge is 0.481 e. The zero-order valence-corrected chi connectivity index (χ0v) is 20.6. The van der Waals surface area contributed by atoms with Crippen molar-refractivity contribution in [3.05, 3.63) is 59.7 Å². The second kappa shape index (κ2) is 12.9. The number of carboxylic acid groups (broad SMARTS) is 1. The van der Waals surface area contributed by atoms with Crippen molar-refractivity contribution in [2.45, 2.75) is 76.8 Å². The van der Waals surface area contributed by atoms with Crippen molar-refractivity contribution in [1.82, 2.24) is 10.6 Å². The molecule has 2 aromatic carbocycles. The van der Waals surface area contributed by atoms with Crippen LogP contribution in [0.5, 0.6) is 0 Å². The third-order valence-electron chi connectivity index (χ3n) is 6.44. The van der Waals surface area contributed by atoms with E-state index in [0.717, 1.165) is 12.8 Å². The molecule has 3 N–H and O–H groups in total. The van der Waals surface area contributed by atoms with Gasteiger partial charge < -0.3 is 20.5 Å². The summed E-state index contributed by atoms with van der Waals surface area (Å²) in [5.74, 6) is -1.05. The standard InChI is InChI=1S/C28H36N2O5/c1-3-4-11-20(17-27(32)33)30-26(31)16-9-10-19(2)29-28(34)35-18-25-23-14-7-5-12-21(23)22-13-6-8-15-24(22)25/h5-8,12-15,19-20,25H,3-4,9-11,16-18H2,1-2H3,(H,29,34)(H,30,31)(H,32,33)/t19?,20-/m0/s1. The fourth-order valence-electron chi connectivity index (χ4n) is 4.67. The first-order valence-corrected chi connectivity index (χ1v) is 12.5. The zero-order chi connectivity index (χ0) is 25.2. The summed E-state index contributed by atoms with van der Waals surface area (Å²) < 4.78 is 5.58. The molecule has 2 amide bonds. The summed E-state index contributed by atoms with van der Waals surface area (Å²) in [6.45, 7) is 4.18. The Hall–Kier alpha value is -3.35. The summed E-state index contributed by atoms with van der Waals surface area (Å²) in [5, 5.41) is 14.7. The van der Waals surface area contributed by atoms with Crippen molar-refractivity contribution in [2.75, 3.05) is 6.61 Å². The van der Waals surface area contributed by atoms with E-state index in [1.54, 1.807) is 0 Å². The number of ether oxygens (including phenoxy) is 1. The highest BCUT2D eigenvalue weighted by Gasteiger charge is 2.29. The highest BCUT2D eigenvalue weighted by Crippen LogP contribution is 2.44. The normalized spacial score (nSPS) is 13.9. The van der Waals surface area contributed by atoms with Crippen LogP contribution in [0.3, 0.4) is 0 Å². The first-order chi connectivity index (χ1) is 16.9. The molecule has 7 heteroatoms. The number of carbonyl (C=O) groups excluding carboxylic acids is 2. The maximum absolute atomic E-state index is 12.4. The van der Waals surface area contributed by atoms with Crippen LogP contribution >= 0.6 is 0 Å². The molecule has 0 saturated carbocycles. The van der Waals surface area contributed by atoms with Crippen LogP contribution < -0.4 is 10.6 Å². The fraction of sp³-hybridized carbons (Fsp3) is 0.464. The number of amides is 2. The summed E-state index contributed by atoms with van der Waals surface area (Å²) in [4.78, 5) is 35.7. The van der Waals surface area contributed by atoms with Gasteiger partial charge in [0.15, 0.2) is 0 Å². The average molecular weight is 481 g/mol. The predicted octanol–water partition coefficient (Wildman–Crippen LogP) is 5.23. The number of fused-ring (bicyclic) bond motifs is 3. The maximum Gasteiger partial charge on any atom is 0.407 e. The van der Waals surface area contributed by atoms with Gasteiger partial charge in [-0.2, -0.15) is 0 Å². The molecule has 7 nitrogen and oxygen atoms in total. The van der Waals surface area contributed by atoms with Crippen LogP contribution in [0.1, 0.15) is 75.8 Å². The van der Waals surface area contributed by atoms with Crippen molar-refractivity contribution in [3.63, 3.8) is 0 Å². The molecule has 0 saturated heterocycles. The van der Waals surface area contributed by atoms with Crippen LogP contribution in [0.2, 0.25) is 0 Å². The van der Waals surface area contributed by atoms with Crippen LogP contribution in [0.25, 0.3) is 11.1 Å². The predicted molar refractivity (Wildman–Crippen MR) is 135 cm³/mol. The Labute approximate surface area is 207 Å². The minimum absolute atomic E-state index is 0.0126. The smallest absolute Gasteiger partial charge is 0.407 e. The number of hydrogen-bond acceptors (Lipinski definition) is 4. The van der Waals surface area contributed by atoms with E-state index in [1.807, 2.05) is 38.1 Å². The lowest BCUT2D eigenvalue weighted by molar-refractivity contribution is -0.137. The first kappa shape index (κ1) is 26.3. The van der Waals surface area contributed by atoms with Crippen LogP contribution in [0.4, 0.5) is 4.79 Å². The van der Waals surface area contributed by atoms with Crippen LogP contribution in [-0.2, 0) is 14.3 Å². The lowest BCUT2D eigenvalue weighted by atomic mass is 9.98. The van der Waals surface area contributed by atoms with E-state index >= 15 is 0 Å². The summed E-state index contributed by atoms with van der Waals surface area (Å²) in [5.41, 5.74) is 4.70. The maximum atomic E-state index is 12.4. The lowest BCUT2D eigenvalue weighted by Crippen LogP contribution is -2.37. The van der Waals surface area contributed by atoms with Gasteiger partial charge in [-0.25, -0.2) is 4.79 Å². The number of rotatable bonds is 13. The minimum Gasteiger partial charge on any atom is -0.481 e. The summed E-state index contributed by atoms with van der Waals surface area (Å²) in [7, 11) is 0. The molecule has 0 radical (unpaired) electrons. The van der Waals surface area contributed by atoms with Crippen molar-refractivity contribution in [1.29, 1.82) is 0 Å². The van der Waals surface area contributed by atoms with Gasteiger partial charge in [-0.3, -0.25) is 9.59 Å². The average Bonchev–Trinajstić information content (AvgIpc) is 3.14. The number of carboxylic acids is 1. The molecule has 188 valence electrons. The Kier molecular flexibility index (Phi) is 9.70. The second-order valence-electron chi connectivity index (χ2n) is 9.27. The number of carbonyl (C=O) groups is 3. The molecule has 0 aliphatic heterocycles. The van der Waals surface area contributed by atoms with Gasteiger partial charge in [-0.1, -0.05) is 68.3 Å². The van der Waals surface area contributed by atoms with Gasteiger partial charge in [-0.15, -0.1) is 0 Å². The highest BCUT2D eigenvalue weighted by molar-refractivity contribution is 5.79. The quantitative estimate of drug-likeness (QED) is 0.364. The number of aliphatic carboxylic acids is 1. The lowest BCUT2D eigenvalue weighted by Gasteiger charge is -2.18. The number of unbranched alkanes of at least 4 members (excludes halogenated alkanes) is 1. The van der Waals surface area contributed by atoms with Crippen LogP contribution in [0, 0.1) is 0 Å². The van der Waals surface area contributed by atoms with Crippen molar-refractivity contribution in [2.24, 2.45) is 0 Å². The van der Waals surface area contributed by atoms with E-state index in [1.165, 1.54) is 22.3 Å². The molecule has 1 aliphatic rings. The first-order valence-electron chi connectivity index (χ1n) is 12.5. The fourth-order valence-corrected chi connectivity index (χ4v) is 4.67. The molecule has 0 spiro atoms. The van der Waals surface area contributed by atoms with Gasteiger partial charge >= 0.3 is 12.1 Å². The Morgan fingerprint density at radius 2 is 1.57 bits per heavy atom. The van der Waals surface area contributed by atoms with Gasteiger partial charge in [0.25, 0.3) is 0 Å². The van der Waals surface area contributed by atoms with E-state index in [0.29, 0.717) is 25.7 Å². The minimum atomic E-state index is -0.910. The molecule has 1 unspecified atom stereocenters. The third kappa shape index (κ3) is 7.57. The van der Waals surface area contributed by atoms with Gasteiger partial charge in [0.1, 0.15) is 6.61 Å². The van der Waals surface area contributed by atoms with E-state index in [-0.39, 0.29) is 36.9 Å². The zero-order valence-electron chi connectivity index (χ0n) is 20.6. The van der Waals surface area contributed by atoms with Crippen LogP contribution in [-0.4, -0.2) is 41.8 Å². The number of hydrogen-bond donors (Lipinski definition) is 3. The van der Waals surface area contributed by atoms with Crippen molar-refractivity contribution < 1.29 is 24.2 Å². The van der Waals surface area contributed by atoms with E-state index < -0.39 is 12.1 Å².